The molecule has 0 aromatic heterocycles. The minimum atomic E-state index is -1.53. The predicted molar refractivity (Wildman–Crippen MR) is 117 cm³/mol. The number of rotatable bonds is 6. The van der Waals surface area contributed by atoms with E-state index < -0.39 is 7.26 Å². The highest BCUT2D eigenvalue weighted by Gasteiger charge is 2.43. The third-order valence-corrected chi connectivity index (χ3v) is 8.98. The zero-order chi connectivity index (χ0) is 20.1. The van der Waals surface area contributed by atoms with Crippen molar-refractivity contribution in [2.24, 2.45) is 0 Å². The second-order valence-electron chi connectivity index (χ2n) is 5.55. The monoisotopic (exact) mass is 407 g/mol. The van der Waals surface area contributed by atoms with Crippen molar-refractivity contribution in [1.29, 1.82) is 10.5 Å². The molecule has 4 nitrogen and oxygen atoms in total. The molecule has 0 spiro atoms. The topological polar surface area (TPSA) is 66.0 Å². The van der Waals surface area contributed by atoms with Crippen molar-refractivity contribution in [3.05, 3.63) is 91.0 Å². The van der Waals surface area contributed by atoms with E-state index in [4.69, 9.17) is 10.5 Å². The molecule has 0 radical (unpaired) electrons. The highest BCUT2D eigenvalue weighted by molar-refractivity contribution is 7.95. The summed E-state index contributed by atoms with van der Waals surface area (Å²) >= 11 is 0.331. The first kappa shape index (κ1) is 21.3. The van der Waals surface area contributed by atoms with E-state index in [-0.39, 0.29) is 0 Å². The molecule has 0 amide bonds. The van der Waals surface area contributed by atoms with Crippen LogP contribution in [-0.4, -0.2) is 6.16 Å². The maximum atomic E-state index is 7.61. The first-order valence-corrected chi connectivity index (χ1v) is 11.3. The highest BCUT2D eigenvalue weighted by atomic mass is 32.2. The second-order valence-corrected chi connectivity index (χ2v) is 9.82. The van der Waals surface area contributed by atoms with Crippen LogP contribution in [0.3, 0.4) is 0 Å². The average Bonchev–Trinajstić information content (AvgIpc) is 2.78. The van der Waals surface area contributed by atoms with Gasteiger partial charge in [-0.3, -0.25) is 0 Å². The smallest absolute Gasteiger partial charge is 0.311 e. The lowest BCUT2D eigenvalue weighted by atomic mass is 10.4. The maximum Gasteiger partial charge on any atom is 0.316 e. The summed E-state index contributed by atoms with van der Waals surface area (Å²) in [6, 6.07) is 33.0. The van der Waals surface area contributed by atoms with Crippen molar-refractivity contribution in [3.8, 4) is 12.5 Å². The average molecular weight is 407 g/mol. The van der Waals surface area contributed by atoms with E-state index in [9.17, 15) is 0 Å². The molecule has 3 aromatic rings. The molecule has 3 rings (SSSR count). The van der Waals surface area contributed by atoms with Gasteiger partial charge in [-0.25, -0.2) is 0 Å². The van der Waals surface area contributed by atoms with E-state index in [1.54, 1.807) is 0 Å². The molecule has 0 aliphatic heterocycles. The summed E-state index contributed by atoms with van der Waals surface area (Å²) in [6.45, 7) is 2.32. The van der Waals surface area contributed by atoms with Crippen molar-refractivity contribution < 1.29 is 8.37 Å². The standard InChI is InChI=1S/C20H20P.C2N2O2S/c1-2-21(18-12-6-3-7-13-18,19-14-8-4-9-15-19)20-16-10-5-11-17-20;3-1-5-7-6-2-4/h3-17H,2H2,1H3;/q+1;. The van der Waals surface area contributed by atoms with Gasteiger partial charge in [-0.1, -0.05) is 54.6 Å². The molecule has 0 aliphatic rings. The van der Waals surface area contributed by atoms with Crippen molar-refractivity contribution in [3.63, 3.8) is 0 Å². The highest BCUT2D eigenvalue weighted by Crippen LogP contribution is 2.54. The van der Waals surface area contributed by atoms with Gasteiger partial charge in [0.25, 0.3) is 0 Å². The van der Waals surface area contributed by atoms with Gasteiger partial charge in [-0.05, 0) is 43.3 Å². The SMILES string of the molecule is CC[P+](c1ccccc1)(c1ccccc1)c1ccccc1.N#COSOC#N. The van der Waals surface area contributed by atoms with Gasteiger partial charge in [-0.15, -0.1) is 10.5 Å². The number of hydrogen-bond donors (Lipinski definition) is 0. The lowest BCUT2D eigenvalue weighted by Crippen LogP contribution is -2.32. The second kappa shape index (κ2) is 11.7. The Balaban J connectivity index is 0.000000345. The number of nitriles is 2. The fourth-order valence-electron chi connectivity index (χ4n) is 3.09. The Kier molecular flexibility index (Phi) is 8.89. The first-order chi connectivity index (χ1) is 13.8. The van der Waals surface area contributed by atoms with E-state index in [2.05, 4.69) is 106 Å². The minimum Gasteiger partial charge on any atom is -0.311 e. The van der Waals surface area contributed by atoms with E-state index in [0.717, 1.165) is 6.16 Å². The molecule has 0 N–H and O–H groups in total. The van der Waals surface area contributed by atoms with E-state index in [1.165, 1.54) is 28.4 Å². The Morgan fingerprint density at radius 1 is 0.679 bits per heavy atom. The summed E-state index contributed by atoms with van der Waals surface area (Å²) in [6.07, 6.45) is 3.72. The zero-order valence-electron chi connectivity index (χ0n) is 15.4. The summed E-state index contributed by atoms with van der Waals surface area (Å²) in [5, 5.41) is 19.6. The summed E-state index contributed by atoms with van der Waals surface area (Å²) in [4.78, 5) is 0. The van der Waals surface area contributed by atoms with Crippen LogP contribution in [0.15, 0.2) is 91.0 Å². The van der Waals surface area contributed by atoms with Gasteiger partial charge in [-0.2, -0.15) is 0 Å². The normalized spacial score (nSPS) is 9.82. The summed E-state index contributed by atoms with van der Waals surface area (Å²) in [5.74, 6) is 0. The Hall–Kier alpha value is -2.98. The molecule has 0 atom stereocenters. The molecule has 0 saturated carbocycles. The van der Waals surface area contributed by atoms with Crippen LogP contribution < -0.4 is 15.9 Å². The fraction of sp³-hybridized carbons (Fsp3) is 0.0909. The van der Waals surface area contributed by atoms with Crippen molar-refractivity contribution >= 4 is 35.5 Å². The molecule has 6 heteroatoms. The lowest BCUT2D eigenvalue weighted by molar-refractivity contribution is 0.485. The van der Waals surface area contributed by atoms with Gasteiger partial charge in [0.15, 0.2) is 0 Å². The van der Waals surface area contributed by atoms with E-state index in [0.29, 0.717) is 12.3 Å². The molecule has 0 heterocycles. The third-order valence-electron chi connectivity index (χ3n) is 4.21. The summed E-state index contributed by atoms with van der Waals surface area (Å²) < 4.78 is 7.70. The number of benzene rings is 3. The predicted octanol–water partition coefficient (Wildman–Crippen LogP) is 4.55. The van der Waals surface area contributed by atoms with Gasteiger partial charge in [0.2, 0.25) is 0 Å². The zero-order valence-corrected chi connectivity index (χ0v) is 17.1. The van der Waals surface area contributed by atoms with E-state index >= 15 is 0 Å². The first-order valence-electron chi connectivity index (χ1n) is 8.62. The molecule has 0 fully saturated rings. The van der Waals surface area contributed by atoms with Crippen LogP contribution in [0.5, 0.6) is 0 Å². The van der Waals surface area contributed by atoms with Crippen LogP contribution in [0.25, 0.3) is 0 Å². The van der Waals surface area contributed by atoms with Gasteiger partial charge in [0.05, 0.1) is 6.16 Å². The Morgan fingerprint density at radius 2 is 1.00 bits per heavy atom. The number of nitrogens with zero attached hydrogens (tertiary/aromatic N) is 2. The van der Waals surface area contributed by atoms with Gasteiger partial charge >= 0.3 is 24.8 Å². The Bertz CT molecular complexity index is 799. The summed E-state index contributed by atoms with van der Waals surface area (Å²) in [5.41, 5.74) is 0. The molecule has 0 aliphatic carbocycles. The summed E-state index contributed by atoms with van der Waals surface area (Å²) in [7, 11) is -1.53. The molecular weight excluding hydrogens is 387 g/mol. The van der Waals surface area contributed by atoms with E-state index in [1.807, 2.05) is 0 Å². The van der Waals surface area contributed by atoms with Gasteiger partial charge in [0, 0.05) is 0 Å². The molecule has 3 aromatic carbocycles. The molecule has 0 saturated heterocycles. The molecule has 0 bridgehead atoms. The lowest BCUT2D eigenvalue weighted by Gasteiger charge is -2.26. The Morgan fingerprint density at radius 3 is 1.25 bits per heavy atom. The largest absolute Gasteiger partial charge is 0.316 e. The van der Waals surface area contributed by atoms with Crippen molar-refractivity contribution in [2.45, 2.75) is 6.92 Å². The Labute approximate surface area is 171 Å². The minimum absolute atomic E-state index is 0.331. The fourth-order valence-corrected chi connectivity index (χ4v) is 7.22. The van der Waals surface area contributed by atoms with Crippen LogP contribution in [0.1, 0.15) is 6.92 Å². The van der Waals surface area contributed by atoms with Crippen LogP contribution in [-0.2, 0) is 8.37 Å². The van der Waals surface area contributed by atoms with Crippen LogP contribution >= 0.6 is 19.6 Å². The van der Waals surface area contributed by atoms with Gasteiger partial charge in [0.1, 0.15) is 23.2 Å². The van der Waals surface area contributed by atoms with Crippen molar-refractivity contribution in [2.75, 3.05) is 6.16 Å². The molecule has 0 unspecified atom stereocenters. The molecule has 140 valence electrons. The van der Waals surface area contributed by atoms with Crippen LogP contribution in [0.2, 0.25) is 0 Å². The molecule has 28 heavy (non-hydrogen) atoms. The van der Waals surface area contributed by atoms with Crippen LogP contribution in [0.4, 0.5) is 0 Å². The third kappa shape index (κ3) is 5.27. The quantitative estimate of drug-likeness (QED) is 0.260. The van der Waals surface area contributed by atoms with Crippen molar-refractivity contribution in [1.82, 2.24) is 0 Å². The number of hydrogen-bond acceptors (Lipinski definition) is 5. The van der Waals surface area contributed by atoms with Gasteiger partial charge < -0.3 is 8.37 Å². The maximum absolute atomic E-state index is 7.61. The molecular formula is C22H20N2O2PS+. The van der Waals surface area contributed by atoms with Crippen LogP contribution in [0, 0.1) is 23.0 Å².